The van der Waals surface area contributed by atoms with Crippen molar-refractivity contribution in [2.24, 2.45) is 0 Å². The highest BCUT2D eigenvalue weighted by molar-refractivity contribution is 6.51. The van der Waals surface area contributed by atoms with E-state index < -0.39 is 17.7 Å². The first kappa shape index (κ1) is 24.1. The van der Waals surface area contributed by atoms with Crippen molar-refractivity contribution in [3.05, 3.63) is 94.6 Å². The third-order valence-electron chi connectivity index (χ3n) is 6.29. The van der Waals surface area contributed by atoms with Gasteiger partial charge in [0.05, 0.1) is 24.3 Å². The van der Waals surface area contributed by atoms with E-state index in [1.165, 1.54) is 24.1 Å². The van der Waals surface area contributed by atoms with Gasteiger partial charge in [-0.15, -0.1) is 0 Å². The smallest absolute Gasteiger partial charge is 0.300 e. The predicted molar refractivity (Wildman–Crippen MR) is 136 cm³/mol. The minimum atomic E-state index is -0.888. The van der Waals surface area contributed by atoms with Crippen molar-refractivity contribution in [2.75, 3.05) is 12.0 Å². The molecule has 0 aliphatic carbocycles. The van der Waals surface area contributed by atoms with Crippen molar-refractivity contribution in [1.82, 2.24) is 0 Å². The summed E-state index contributed by atoms with van der Waals surface area (Å²) in [6.07, 6.45) is 0. The molecule has 1 aliphatic heterocycles. The number of amides is 1. The summed E-state index contributed by atoms with van der Waals surface area (Å²) in [4.78, 5) is 28.1. The van der Waals surface area contributed by atoms with Crippen LogP contribution in [-0.4, -0.2) is 29.0 Å². The molecular weight excluding hydrogens is 442 g/mol. The number of rotatable bonds is 4. The molecular formula is C29H29NO5. The van der Waals surface area contributed by atoms with Crippen molar-refractivity contribution >= 4 is 23.1 Å². The molecule has 1 amide bonds. The summed E-state index contributed by atoms with van der Waals surface area (Å²) in [7, 11) is 1.49. The third kappa shape index (κ3) is 4.39. The number of hydrogen-bond acceptors (Lipinski definition) is 5. The van der Waals surface area contributed by atoms with Crippen molar-refractivity contribution in [3.8, 4) is 11.5 Å². The van der Waals surface area contributed by atoms with Crippen molar-refractivity contribution in [3.63, 3.8) is 0 Å². The van der Waals surface area contributed by atoms with E-state index in [9.17, 15) is 19.8 Å². The Balaban J connectivity index is 1.99. The molecule has 1 heterocycles. The summed E-state index contributed by atoms with van der Waals surface area (Å²) in [6, 6.07) is 18.1. The van der Waals surface area contributed by atoms with Crippen LogP contribution in [0.4, 0.5) is 5.69 Å². The zero-order chi connectivity index (χ0) is 25.5. The SMILES string of the molecule is COc1ccc(C(C)(C)C)cc1/C(O)=C1\C(=O)C(=O)N(c2ccc(C)cc2)C1c1ccc(O)cc1. The molecule has 0 spiro atoms. The summed E-state index contributed by atoms with van der Waals surface area (Å²) < 4.78 is 5.50. The van der Waals surface area contributed by atoms with Crippen LogP contribution in [0.3, 0.4) is 0 Å². The van der Waals surface area contributed by atoms with Crippen LogP contribution in [-0.2, 0) is 15.0 Å². The van der Waals surface area contributed by atoms with Crippen molar-refractivity contribution < 1.29 is 24.5 Å². The first-order valence-electron chi connectivity index (χ1n) is 11.4. The van der Waals surface area contributed by atoms with Gasteiger partial charge in [0, 0.05) is 5.69 Å². The Bertz CT molecular complexity index is 1310. The van der Waals surface area contributed by atoms with E-state index >= 15 is 0 Å². The lowest BCUT2D eigenvalue weighted by Crippen LogP contribution is -2.29. The number of carbonyl (C=O) groups is 2. The number of benzene rings is 3. The standard InChI is InChI=1S/C29H29NO5/c1-17-6-11-20(12-7-17)30-25(18-8-13-21(31)14-9-18)24(27(33)28(30)34)26(32)22-16-19(29(2,3)4)10-15-23(22)35-5/h6-16,25,31-32H,1-5H3/b26-24+. The zero-order valence-corrected chi connectivity index (χ0v) is 20.5. The van der Waals surface area contributed by atoms with Gasteiger partial charge in [-0.3, -0.25) is 14.5 Å². The molecule has 35 heavy (non-hydrogen) atoms. The van der Waals surface area contributed by atoms with Crippen LogP contribution in [0.25, 0.3) is 5.76 Å². The molecule has 6 nitrogen and oxygen atoms in total. The average Bonchev–Trinajstić information content (AvgIpc) is 3.09. The zero-order valence-electron chi connectivity index (χ0n) is 20.5. The highest BCUT2D eigenvalue weighted by Crippen LogP contribution is 2.44. The van der Waals surface area contributed by atoms with Crippen LogP contribution < -0.4 is 9.64 Å². The topological polar surface area (TPSA) is 87.1 Å². The number of anilines is 1. The Morgan fingerprint density at radius 3 is 2.14 bits per heavy atom. The Morgan fingerprint density at radius 2 is 1.57 bits per heavy atom. The van der Waals surface area contributed by atoms with Gasteiger partial charge >= 0.3 is 0 Å². The minimum absolute atomic E-state index is 0.0365. The van der Waals surface area contributed by atoms with Crippen LogP contribution >= 0.6 is 0 Å². The Morgan fingerprint density at radius 1 is 0.943 bits per heavy atom. The molecule has 1 atom stereocenters. The van der Waals surface area contributed by atoms with E-state index in [-0.39, 0.29) is 22.5 Å². The van der Waals surface area contributed by atoms with Gasteiger partial charge < -0.3 is 14.9 Å². The molecule has 0 bridgehead atoms. The van der Waals surface area contributed by atoms with E-state index in [2.05, 4.69) is 0 Å². The number of phenols is 1. The van der Waals surface area contributed by atoms with E-state index in [1.807, 2.05) is 45.9 Å². The van der Waals surface area contributed by atoms with Gasteiger partial charge in [-0.2, -0.15) is 0 Å². The molecule has 3 aromatic carbocycles. The fourth-order valence-electron chi connectivity index (χ4n) is 4.28. The second-order valence-electron chi connectivity index (χ2n) is 9.76. The van der Waals surface area contributed by atoms with E-state index in [1.54, 1.807) is 36.4 Å². The van der Waals surface area contributed by atoms with Gasteiger partial charge in [-0.05, 0) is 59.9 Å². The molecule has 4 rings (SSSR count). The number of aryl methyl sites for hydroxylation is 1. The van der Waals surface area contributed by atoms with Crippen LogP contribution in [0.2, 0.25) is 0 Å². The maximum Gasteiger partial charge on any atom is 0.300 e. The Labute approximate surface area is 205 Å². The lowest BCUT2D eigenvalue weighted by atomic mass is 9.85. The highest BCUT2D eigenvalue weighted by atomic mass is 16.5. The fraction of sp³-hybridized carbons (Fsp3) is 0.241. The molecule has 3 aromatic rings. The quantitative estimate of drug-likeness (QED) is 0.292. The number of phenolic OH excluding ortho intramolecular Hbond substituents is 1. The molecule has 0 radical (unpaired) electrons. The summed E-state index contributed by atoms with van der Waals surface area (Å²) in [5, 5.41) is 21.4. The molecule has 0 saturated carbocycles. The second kappa shape index (κ2) is 8.95. The Hall–Kier alpha value is -4.06. The molecule has 2 N–H and O–H groups in total. The summed E-state index contributed by atoms with van der Waals surface area (Å²) >= 11 is 0. The van der Waals surface area contributed by atoms with Gasteiger partial charge in [-0.1, -0.05) is 56.7 Å². The van der Waals surface area contributed by atoms with Crippen LogP contribution in [0.15, 0.2) is 72.3 Å². The lowest BCUT2D eigenvalue weighted by Gasteiger charge is -2.26. The minimum Gasteiger partial charge on any atom is -0.508 e. The lowest BCUT2D eigenvalue weighted by molar-refractivity contribution is -0.132. The van der Waals surface area contributed by atoms with Gasteiger partial charge in [0.1, 0.15) is 17.3 Å². The fourth-order valence-corrected chi connectivity index (χ4v) is 4.28. The third-order valence-corrected chi connectivity index (χ3v) is 6.29. The summed E-state index contributed by atoms with van der Waals surface area (Å²) in [5.41, 5.74) is 3.15. The molecule has 6 heteroatoms. The highest BCUT2D eigenvalue weighted by Gasteiger charge is 2.47. The second-order valence-corrected chi connectivity index (χ2v) is 9.76. The van der Waals surface area contributed by atoms with Crippen LogP contribution in [0.5, 0.6) is 11.5 Å². The number of hydrogen-bond donors (Lipinski definition) is 2. The largest absolute Gasteiger partial charge is 0.508 e. The number of carbonyl (C=O) groups excluding carboxylic acids is 2. The van der Waals surface area contributed by atoms with Crippen molar-refractivity contribution in [2.45, 2.75) is 39.2 Å². The molecule has 1 aliphatic rings. The predicted octanol–water partition coefficient (Wildman–Crippen LogP) is 5.63. The number of aromatic hydroxyl groups is 1. The average molecular weight is 472 g/mol. The molecule has 1 fully saturated rings. The van der Waals surface area contributed by atoms with Crippen LogP contribution in [0, 0.1) is 6.92 Å². The number of ketones is 1. The monoisotopic (exact) mass is 471 g/mol. The van der Waals surface area contributed by atoms with Crippen molar-refractivity contribution in [1.29, 1.82) is 0 Å². The number of aliphatic hydroxyl groups excluding tert-OH is 1. The number of Topliss-reactive ketones (excluding diaryl/α,β-unsaturated/α-hetero) is 1. The molecule has 1 unspecified atom stereocenters. The van der Waals surface area contributed by atoms with Gasteiger partial charge in [0.2, 0.25) is 0 Å². The molecule has 1 saturated heterocycles. The van der Waals surface area contributed by atoms with E-state index in [0.29, 0.717) is 22.6 Å². The van der Waals surface area contributed by atoms with E-state index in [4.69, 9.17) is 4.74 Å². The number of methoxy groups -OCH3 is 1. The maximum atomic E-state index is 13.4. The first-order chi connectivity index (χ1) is 16.5. The van der Waals surface area contributed by atoms with E-state index in [0.717, 1.165) is 11.1 Å². The maximum absolute atomic E-state index is 13.4. The molecule has 0 aromatic heterocycles. The van der Waals surface area contributed by atoms with Gasteiger partial charge in [-0.25, -0.2) is 0 Å². The first-order valence-corrected chi connectivity index (χ1v) is 11.4. The number of nitrogens with zero attached hydrogens (tertiary/aromatic N) is 1. The normalized spacial score (nSPS) is 17.6. The van der Waals surface area contributed by atoms with Crippen LogP contribution in [0.1, 0.15) is 49.1 Å². The summed E-state index contributed by atoms with van der Waals surface area (Å²) in [6.45, 7) is 8.08. The Kier molecular flexibility index (Phi) is 6.15. The van der Waals surface area contributed by atoms with Gasteiger partial charge in [0.25, 0.3) is 11.7 Å². The summed E-state index contributed by atoms with van der Waals surface area (Å²) in [5.74, 6) is -1.38. The van der Waals surface area contributed by atoms with Gasteiger partial charge in [0.15, 0.2) is 0 Å². The number of aliphatic hydroxyl groups is 1. The molecule has 180 valence electrons. The number of ether oxygens (including phenoxy) is 1.